The van der Waals surface area contributed by atoms with Crippen LogP contribution in [0.25, 0.3) is 0 Å². The zero-order valence-electron chi connectivity index (χ0n) is 11.3. The molecule has 104 valence electrons. The molecule has 1 aliphatic rings. The zero-order valence-corrected chi connectivity index (χ0v) is 11.3. The number of nitrogens with zero attached hydrogens (tertiary/aromatic N) is 1. The summed E-state index contributed by atoms with van der Waals surface area (Å²) < 4.78 is 0. The second-order valence-corrected chi connectivity index (χ2v) is 4.80. The van der Waals surface area contributed by atoms with Gasteiger partial charge in [-0.25, -0.2) is 0 Å². The van der Waals surface area contributed by atoms with E-state index in [4.69, 9.17) is 5.11 Å². The van der Waals surface area contributed by atoms with Gasteiger partial charge in [0.25, 0.3) is 0 Å². The molecule has 0 spiro atoms. The first-order valence-corrected chi connectivity index (χ1v) is 6.83. The van der Waals surface area contributed by atoms with E-state index in [1.807, 2.05) is 0 Å². The minimum Gasteiger partial charge on any atom is -0.481 e. The van der Waals surface area contributed by atoms with Crippen LogP contribution in [0.3, 0.4) is 0 Å². The number of amides is 1. The van der Waals surface area contributed by atoms with E-state index in [0.29, 0.717) is 19.4 Å². The molecule has 0 saturated heterocycles. The lowest BCUT2D eigenvalue weighted by atomic mass is 9.95. The molecule has 0 heterocycles. The van der Waals surface area contributed by atoms with E-state index in [-0.39, 0.29) is 11.8 Å². The van der Waals surface area contributed by atoms with Crippen LogP contribution in [-0.2, 0) is 9.59 Å². The molecule has 0 aliphatic heterocycles. The van der Waals surface area contributed by atoms with Crippen LogP contribution in [0.1, 0.15) is 33.1 Å². The standard InChI is InChI=1S/C13H24N2O3/c1-3-15(4-2)9-8-14-12(16)10-6-5-7-11(10)13(17)18/h10-11H,3-9H2,1-2H3,(H,14,16)(H,17,18). The maximum absolute atomic E-state index is 11.9. The monoisotopic (exact) mass is 256 g/mol. The fraction of sp³-hybridized carbons (Fsp3) is 0.846. The van der Waals surface area contributed by atoms with Crippen LogP contribution < -0.4 is 5.32 Å². The Morgan fingerprint density at radius 2 is 1.83 bits per heavy atom. The van der Waals surface area contributed by atoms with E-state index in [0.717, 1.165) is 26.1 Å². The second-order valence-electron chi connectivity index (χ2n) is 4.80. The average molecular weight is 256 g/mol. The molecule has 1 fully saturated rings. The van der Waals surface area contributed by atoms with Gasteiger partial charge in [0, 0.05) is 13.1 Å². The number of nitrogens with one attached hydrogen (secondary N) is 1. The molecule has 0 bridgehead atoms. The van der Waals surface area contributed by atoms with E-state index in [1.165, 1.54) is 0 Å². The topological polar surface area (TPSA) is 69.6 Å². The van der Waals surface area contributed by atoms with Gasteiger partial charge in [-0.2, -0.15) is 0 Å². The lowest BCUT2D eigenvalue weighted by Gasteiger charge is -2.20. The third-order valence-electron chi connectivity index (χ3n) is 3.79. The van der Waals surface area contributed by atoms with Crippen LogP contribution in [0.15, 0.2) is 0 Å². The largest absolute Gasteiger partial charge is 0.481 e. The molecule has 0 aromatic heterocycles. The first-order chi connectivity index (χ1) is 8.60. The SMILES string of the molecule is CCN(CC)CCNC(=O)C1CCCC1C(=O)O. The molecule has 1 rings (SSSR count). The summed E-state index contributed by atoms with van der Waals surface area (Å²) in [4.78, 5) is 25.2. The van der Waals surface area contributed by atoms with Crippen molar-refractivity contribution in [3.05, 3.63) is 0 Å². The third kappa shape index (κ3) is 3.98. The van der Waals surface area contributed by atoms with Gasteiger partial charge in [0.15, 0.2) is 0 Å². The molecule has 5 nitrogen and oxygen atoms in total. The van der Waals surface area contributed by atoms with Crippen molar-refractivity contribution in [2.24, 2.45) is 11.8 Å². The van der Waals surface area contributed by atoms with Gasteiger partial charge in [0.2, 0.25) is 5.91 Å². The molecular formula is C13H24N2O3. The Balaban J connectivity index is 2.34. The van der Waals surface area contributed by atoms with Gasteiger partial charge in [-0.1, -0.05) is 20.3 Å². The first-order valence-electron chi connectivity index (χ1n) is 6.83. The highest BCUT2D eigenvalue weighted by Crippen LogP contribution is 2.31. The molecule has 18 heavy (non-hydrogen) atoms. The highest BCUT2D eigenvalue weighted by Gasteiger charge is 2.37. The molecule has 2 unspecified atom stereocenters. The van der Waals surface area contributed by atoms with Crippen LogP contribution in [0.4, 0.5) is 0 Å². The molecule has 2 atom stereocenters. The Kier molecular flexibility index (Phi) is 6.12. The van der Waals surface area contributed by atoms with Crippen molar-refractivity contribution in [2.45, 2.75) is 33.1 Å². The zero-order chi connectivity index (χ0) is 13.5. The minimum atomic E-state index is -0.837. The van der Waals surface area contributed by atoms with Crippen molar-refractivity contribution in [3.8, 4) is 0 Å². The van der Waals surface area contributed by atoms with Crippen molar-refractivity contribution in [3.63, 3.8) is 0 Å². The highest BCUT2D eigenvalue weighted by atomic mass is 16.4. The first kappa shape index (κ1) is 15.0. The van der Waals surface area contributed by atoms with Crippen molar-refractivity contribution < 1.29 is 14.7 Å². The van der Waals surface area contributed by atoms with Crippen LogP contribution in [0, 0.1) is 11.8 Å². The summed E-state index contributed by atoms with van der Waals surface area (Å²) in [6, 6.07) is 0. The van der Waals surface area contributed by atoms with Crippen LogP contribution in [0.5, 0.6) is 0 Å². The Morgan fingerprint density at radius 1 is 1.22 bits per heavy atom. The van der Waals surface area contributed by atoms with E-state index < -0.39 is 11.9 Å². The van der Waals surface area contributed by atoms with Crippen LogP contribution >= 0.6 is 0 Å². The second kappa shape index (κ2) is 7.36. The van der Waals surface area contributed by atoms with E-state index >= 15 is 0 Å². The summed E-state index contributed by atoms with van der Waals surface area (Å²) in [7, 11) is 0. The van der Waals surface area contributed by atoms with Crippen molar-refractivity contribution in [1.82, 2.24) is 10.2 Å². The van der Waals surface area contributed by atoms with Gasteiger partial charge in [0.1, 0.15) is 0 Å². The Hall–Kier alpha value is -1.10. The number of carboxylic acids is 1. The molecular weight excluding hydrogens is 232 g/mol. The summed E-state index contributed by atoms with van der Waals surface area (Å²) in [5.74, 6) is -1.75. The summed E-state index contributed by atoms with van der Waals surface area (Å²) in [6.45, 7) is 7.53. The van der Waals surface area contributed by atoms with Crippen LogP contribution in [-0.4, -0.2) is 48.1 Å². The smallest absolute Gasteiger partial charge is 0.307 e. The van der Waals surface area contributed by atoms with Crippen molar-refractivity contribution >= 4 is 11.9 Å². The summed E-state index contributed by atoms with van der Waals surface area (Å²) >= 11 is 0. The van der Waals surface area contributed by atoms with Crippen molar-refractivity contribution in [1.29, 1.82) is 0 Å². The minimum absolute atomic E-state index is 0.0907. The lowest BCUT2D eigenvalue weighted by molar-refractivity contribution is -0.146. The number of carbonyl (C=O) groups is 2. The number of carboxylic acid groups (broad SMARTS) is 1. The average Bonchev–Trinajstić information content (AvgIpc) is 2.83. The maximum Gasteiger partial charge on any atom is 0.307 e. The molecule has 1 aliphatic carbocycles. The molecule has 5 heteroatoms. The Labute approximate surface area is 109 Å². The quantitative estimate of drug-likeness (QED) is 0.711. The van der Waals surface area contributed by atoms with Crippen LogP contribution in [0.2, 0.25) is 0 Å². The third-order valence-corrected chi connectivity index (χ3v) is 3.79. The van der Waals surface area contributed by atoms with Gasteiger partial charge in [-0.3, -0.25) is 9.59 Å². The van der Waals surface area contributed by atoms with Gasteiger partial charge in [-0.15, -0.1) is 0 Å². The molecule has 2 N–H and O–H groups in total. The van der Waals surface area contributed by atoms with E-state index in [1.54, 1.807) is 0 Å². The Morgan fingerprint density at radius 3 is 2.39 bits per heavy atom. The number of hydrogen-bond acceptors (Lipinski definition) is 3. The fourth-order valence-corrected chi connectivity index (χ4v) is 2.58. The maximum atomic E-state index is 11.9. The number of likely N-dealkylation sites (N-methyl/N-ethyl adjacent to an activating group) is 1. The number of aliphatic carboxylic acids is 1. The molecule has 1 amide bonds. The predicted octanol–water partition coefficient (Wildman–Crippen LogP) is 0.945. The number of hydrogen-bond donors (Lipinski definition) is 2. The van der Waals surface area contributed by atoms with Gasteiger partial charge < -0.3 is 15.3 Å². The van der Waals surface area contributed by atoms with Gasteiger partial charge >= 0.3 is 5.97 Å². The number of carbonyl (C=O) groups excluding carboxylic acids is 1. The summed E-state index contributed by atoms with van der Waals surface area (Å²) in [5.41, 5.74) is 0. The summed E-state index contributed by atoms with van der Waals surface area (Å²) in [5, 5.41) is 11.9. The predicted molar refractivity (Wildman–Crippen MR) is 69.3 cm³/mol. The number of rotatable bonds is 7. The molecule has 0 aromatic carbocycles. The summed E-state index contributed by atoms with van der Waals surface area (Å²) in [6.07, 6.45) is 2.17. The van der Waals surface area contributed by atoms with E-state index in [9.17, 15) is 9.59 Å². The molecule has 0 radical (unpaired) electrons. The van der Waals surface area contributed by atoms with Gasteiger partial charge in [0.05, 0.1) is 11.8 Å². The van der Waals surface area contributed by atoms with E-state index in [2.05, 4.69) is 24.1 Å². The van der Waals surface area contributed by atoms with Gasteiger partial charge in [-0.05, 0) is 25.9 Å². The fourth-order valence-electron chi connectivity index (χ4n) is 2.58. The highest BCUT2D eigenvalue weighted by molar-refractivity contribution is 5.85. The lowest BCUT2D eigenvalue weighted by Crippen LogP contribution is -2.39. The van der Waals surface area contributed by atoms with Crippen molar-refractivity contribution in [2.75, 3.05) is 26.2 Å². The molecule has 1 saturated carbocycles. The Bertz CT molecular complexity index is 290. The normalized spacial score (nSPS) is 23.3. The molecule has 0 aromatic rings.